The maximum atomic E-state index is 12.0. The number of hydrogen-bond acceptors (Lipinski definition) is 4. The molecule has 114 valence electrons. The first-order valence-corrected chi connectivity index (χ1v) is 7.25. The van der Waals surface area contributed by atoms with Crippen molar-refractivity contribution >= 4 is 17.6 Å². The van der Waals surface area contributed by atoms with Crippen molar-refractivity contribution in [2.24, 2.45) is 5.92 Å². The van der Waals surface area contributed by atoms with Crippen molar-refractivity contribution in [1.29, 1.82) is 0 Å². The molecule has 2 rings (SSSR count). The Kier molecular flexibility index (Phi) is 5.20. The Labute approximate surface area is 124 Å². The van der Waals surface area contributed by atoms with Crippen LogP contribution in [-0.4, -0.2) is 25.1 Å². The average molecular weight is 291 g/mol. The molecule has 5 nitrogen and oxygen atoms in total. The number of hydrogen-bond donors (Lipinski definition) is 1. The smallest absolute Gasteiger partial charge is 0.309 e. The molecular formula is C16H21NO4. The summed E-state index contributed by atoms with van der Waals surface area (Å²) in [5, 5.41) is 2.72. The predicted octanol–water partition coefficient (Wildman–Crippen LogP) is 2.76. The van der Waals surface area contributed by atoms with Crippen LogP contribution in [0.2, 0.25) is 0 Å². The predicted molar refractivity (Wildman–Crippen MR) is 79.1 cm³/mol. The first-order chi connectivity index (χ1) is 10.1. The Hall–Kier alpha value is -2.04. The normalized spacial score (nSPS) is 16.3. The number of carbonyl (C=O) groups excluding carboxylic acids is 2. The molecule has 21 heavy (non-hydrogen) atoms. The van der Waals surface area contributed by atoms with Crippen molar-refractivity contribution in [3.8, 4) is 5.75 Å². The van der Waals surface area contributed by atoms with E-state index in [1.165, 1.54) is 0 Å². The van der Waals surface area contributed by atoms with Crippen LogP contribution in [-0.2, 0) is 14.3 Å². The molecule has 1 aliphatic rings. The summed E-state index contributed by atoms with van der Waals surface area (Å²) in [7, 11) is 1.56. The molecule has 1 N–H and O–H groups in total. The summed E-state index contributed by atoms with van der Waals surface area (Å²) in [5.74, 6) is 0.0101. The van der Waals surface area contributed by atoms with Crippen LogP contribution in [0.3, 0.4) is 0 Å². The van der Waals surface area contributed by atoms with Gasteiger partial charge in [-0.2, -0.15) is 0 Å². The highest BCUT2D eigenvalue weighted by atomic mass is 16.5. The molecule has 1 aromatic rings. The lowest BCUT2D eigenvalue weighted by Gasteiger charge is -2.16. The number of methoxy groups -OCH3 is 1. The summed E-state index contributed by atoms with van der Waals surface area (Å²) < 4.78 is 10.3. The number of nitrogens with one attached hydrogen (secondary N) is 1. The fourth-order valence-electron chi connectivity index (χ4n) is 2.43. The Morgan fingerprint density at radius 3 is 2.67 bits per heavy atom. The second kappa shape index (κ2) is 7.11. The van der Waals surface area contributed by atoms with Crippen molar-refractivity contribution in [2.45, 2.75) is 38.7 Å². The number of esters is 1. The molecule has 1 aromatic carbocycles. The molecule has 1 atom stereocenters. The van der Waals surface area contributed by atoms with Crippen LogP contribution in [0.5, 0.6) is 5.75 Å². The minimum absolute atomic E-state index is 0.0444. The number of rotatable bonds is 5. The first kappa shape index (κ1) is 15.4. The minimum Gasteiger partial charge on any atom is -0.497 e. The molecule has 0 bridgehead atoms. The third kappa shape index (κ3) is 4.21. The zero-order chi connectivity index (χ0) is 15.2. The van der Waals surface area contributed by atoms with Crippen LogP contribution in [0, 0.1) is 5.92 Å². The van der Waals surface area contributed by atoms with Crippen LogP contribution < -0.4 is 10.1 Å². The van der Waals surface area contributed by atoms with E-state index in [4.69, 9.17) is 9.47 Å². The Balaban J connectivity index is 1.88. The van der Waals surface area contributed by atoms with Gasteiger partial charge < -0.3 is 14.8 Å². The summed E-state index contributed by atoms with van der Waals surface area (Å²) in [4.78, 5) is 23.9. The topological polar surface area (TPSA) is 64.6 Å². The summed E-state index contributed by atoms with van der Waals surface area (Å²) in [6.45, 7) is 1.59. The van der Waals surface area contributed by atoms with Crippen LogP contribution >= 0.6 is 0 Å². The van der Waals surface area contributed by atoms with Gasteiger partial charge >= 0.3 is 5.97 Å². The van der Waals surface area contributed by atoms with Gasteiger partial charge in [0.1, 0.15) is 5.75 Å². The van der Waals surface area contributed by atoms with Crippen LogP contribution in [0.1, 0.15) is 32.6 Å². The minimum atomic E-state index is -0.802. The number of benzene rings is 1. The molecule has 0 aromatic heterocycles. The third-order valence-corrected chi connectivity index (χ3v) is 3.69. The second-order valence-corrected chi connectivity index (χ2v) is 5.28. The quantitative estimate of drug-likeness (QED) is 0.847. The van der Waals surface area contributed by atoms with Gasteiger partial charge in [-0.3, -0.25) is 9.59 Å². The SMILES string of the molecule is COc1cccc(NC(=O)[C@H](C)OC(=O)C2CCCC2)c1. The third-order valence-electron chi connectivity index (χ3n) is 3.69. The zero-order valence-corrected chi connectivity index (χ0v) is 12.4. The lowest BCUT2D eigenvalue weighted by Crippen LogP contribution is -2.31. The van der Waals surface area contributed by atoms with Gasteiger partial charge in [0.05, 0.1) is 13.0 Å². The fourth-order valence-corrected chi connectivity index (χ4v) is 2.43. The second-order valence-electron chi connectivity index (χ2n) is 5.28. The molecule has 1 fully saturated rings. The lowest BCUT2D eigenvalue weighted by atomic mass is 10.1. The van der Waals surface area contributed by atoms with Crippen molar-refractivity contribution in [1.82, 2.24) is 0 Å². The summed E-state index contributed by atoms with van der Waals surface area (Å²) >= 11 is 0. The molecule has 0 aliphatic heterocycles. The maximum absolute atomic E-state index is 12.0. The van der Waals surface area contributed by atoms with Gasteiger partial charge in [-0.1, -0.05) is 18.9 Å². The molecular weight excluding hydrogens is 270 g/mol. The Bertz CT molecular complexity index is 509. The molecule has 0 unspecified atom stereocenters. The molecule has 1 amide bonds. The monoisotopic (exact) mass is 291 g/mol. The van der Waals surface area contributed by atoms with Crippen molar-refractivity contribution in [2.75, 3.05) is 12.4 Å². The summed E-state index contributed by atoms with van der Waals surface area (Å²) in [5.41, 5.74) is 0.614. The molecule has 0 heterocycles. The van der Waals surface area contributed by atoms with E-state index in [0.29, 0.717) is 11.4 Å². The van der Waals surface area contributed by atoms with Crippen molar-refractivity contribution in [3.05, 3.63) is 24.3 Å². The molecule has 1 saturated carbocycles. The van der Waals surface area contributed by atoms with Gasteiger partial charge in [-0.25, -0.2) is 0 Å². The number of amides is 1. The Morgan fingerprint density at radius 2 is 2.00 bits per heavy atom. The maximum Gasteiger partial charge on any atom is 0.309 e. The van der Waals surface area contributed by atoms with E-state index in [2.05, 4.69) is 5.32 Å². The summed E-state index contributed by atoms with van der Waals surface area (Å²) in [6.07, 6.45) is 3.05. The van der Waals surface area contributed by atoms with Crippen LogP contribution in [0.4, 0.5) is 5.69 Å². The van der Waals surface area contributed by atoms with Gasteiger partial charge in [0.25, 0.3) is 5.91 Å². The van der Waals surface area contributed by atoms with Crippen molar-refractivity contribution < 1.29 is 19.1 Å². The molecule has 1 aliphatic carbocycles. The standard InChI is InChI=1S/C16H21NO4/c1-11(21-16(19)12-6-3-4-7-12)15(18)17-13-8-5-9-14(10-13)20-2/h5,8-12H,3-4,6-7H2,1-2H3,(H,17,18)/t11-/m0/s1. The van der Waals surface area contributed by atoms with E-state index in [0.717, 1.165) is 25.7 Å². The average Bonchev–Trinajstić information content (AvgIpc) is 3.01. The van der Waals surface area contributed by atoms with Gasteiger partial charge in [-0.15, -0.1) is 0 Å². The lowest BCUT2D eigenvalue weighted by molar-refractivity contribution is -0.157. The highest BCUT2D eigenvalue weighted by Gasteiger charge is 2.27. The number of ether oxygens (including phenoxy) is 2. The van der Waals surface area contributed by atoms with E-state index >= 15 is 0 Å². The zero-order valence-electron chi connectivity index (χ0n) is 12.4. The largest absolute Gasteiger partial charge is 0.497 e. The fraction of sp³-hybridized carbons (Fsp3) is 0.500. The van der Waals surface area contributed by atoms with Crippen molar-refractivity contribution in [3.63, 3.8) is 0 Å². The highest BCUT2D eigenvalue weighted by molar-refractivity contribution is 5.95. The van der Waals surface area contributed by atoms with Crippen LogP contribution in [0.25, 0.3) is 0 Å². The molecule has 5 heteroatoms. The molecule has 0 saturated heterocycles. The van der Waals surface area contributed by atoms with E-state index < -0.39 is 6.10 Å². The molecule has 0 spiro atoms. The van der Waals surface area contributed by atoms with Gasteiger partial charge in [-0.05, 0) is 31.9 Å². The number of carbonyl (C=O) groups is 2. The van der Waals surface area contributed by atoms with E-state index in [1.54, 1.807) is 38.3 Å². The first-order valence-electron chi connectivity index (χ1n) is 7.25. The van der Waals surface area contributed by atoms with E-state index in [9.17, 15) is 9.59 Å². The van der Waals surface area contributed by atoms with Gasteiger partial charge in [0.2, 0.25) is 0 Å². The van der Waals surface area contributed by atoms with Crippen LogP contribution in [0.15, 0.2) is 24.3 Å². The number of anilines is 1. The van der Waals surface area contributed by atoms with E-state index in [1.807, 2.05) is 0 Å². The van der Waals surface area contributed by atoms with Gasteiger partial charge in [0, 0.05) is 11.8 Å². The Morgan fingerprint density at radius 1 is 1.29 bits per heavy atom. The van der Waals surface area contributed by atoms with E-state index in [-0.39, 0.29) is 17.8 Å². The summed E-state index contributed by atoms with van der Waals surface area (Å²) in [6, 6.07) is 7.04. The molecule has 0 radical (unpaired) electrons. The highest BCUT2D eigenvalue weighted by Crippen LogP contribution is 2.26. The van der Waals surface area contributed by atoms with Gasteiger partial charge in [0.15, 0.2) is 6.10 Å².